The van der Waals surface area contributed by atoms with Crippen LogP contribution in [0.25, 0.3) is 6.08 Å². The molecule has 27 heavy (non-hydrogen) atoms. The van der Waals surface area contributed by atoms with E-state index < -0.39 is 0 Å². The summed E-state index contributed by atoms with van der Waals surface area (Å²) in [5.74, 6) is 4.05. The summed E-state index contributed by atoms with van der Waals surface area (Å²) in [6.07, 6.45) is 11.7. The number of hydrogen-bond acceptors (Lipinski definition) is 3. The van der Waals surface area contributed by atoms with E-state index >= 15 is 0 Å². The van der Waals surface area contributed by atoms with Crippen LogP contribution in [0.4, 0.5) is 0 Å². The highest BCUT2D eigenvalue weighted by molar-refractivity contribution is 5.92. The van der Waals surface area contributed by atoms with Crippen molar-refractivity contribution < 1.29 is 14.3 Å². The Morgan fingerprint density at radius 1 is 1.07 bits per heavy atom. The average molecular weight is 370 g/mol. The molecule has 5 rings (SSSR count). The maximum Gasteiger partial charge on any atom is 0.244 e. The lowest BCUT2D eigenvalue weighted by molar-refractivity contribution is -0.121. The van der Waals surface area contributed by atoms with Crippen LogP contribution in [0.5, 0.6) is 11.5 Å². The molecule has 4 aliphatic rings. The number of rotatable bonds is 6. The molecule has 1 amide bonds. The monoisotopic (exact) mass is 369 g/mol. The normalized spacial score (nSPS) is 32.5. The van der Waals surface area contributed by atoms with E-state index in [1.165, 1.54) is 38.5 Å². The summed E-state index contributed by atoms with van der Waals surface area (Å²) in [6, 6.07) is 5.90. The van der Waals surface area contributed by atoms with E-state index in [1.807, 2.05) is 24.3 Å². The van der Waals surface area contributed by atoms with Gasteiger partial charge in [-0.3, -0.25) is 4.79 Å². The van der Waals surface area contributed by atoms with E-state index in [0.717, 1.165) is 23.3 Å². The Hall–Kier alpha value is -1.97. The number of amides is 1. The van der Waals surface area contributed by atoms with E-state index in [1.54, 1.807) is 20.3 Å². The zero-order valence-corrected chi connectivity index (χ0v) is 16.7. The van der Waals surface area contributed by atoms with Crippen molar-refractivity contribution in [3.63, 3.8) is 0 Å². The van der Waals surface area contributed by atoms with Crippen LogP contribution in [0.15, 0.2) is 24.3 Å². The third-order valence-corrected chi connectivity index (χ3v) is 7.20. The molecule has 4 nitrogen and oxygen atoms in total. The van der Waals surface area contributed by atoms with Crippen LogP contribution in [0, 0.1) is 23.2 Å². The second-order valence-electron chi connectivity index (χ2n) is 8.96. The molecule has 1 N–H and O–H groups in total. The maximum atomic E-state index is 12.5. The van der Waals surface area contributed by atoms with E-state index in [2.05, 4.69) is 12.2 Å². The second-order valence-corrected chi connectivity index (χ2v) is 8.96. The number of hydrogen-bond donors (Lipinski definition) is 1. The molecule has 4 fully saturated rings. The Morgan fingerprint density at radius 3 is 2.22 bits per heavy atom. The lowest BCUT2D eigenvalue weighted by Crippen LogP contribution is -2.55. The molecular weight excluding hydrogens is 338 g/mol. The molecule has 0 spiro atoms. The van der Waals surface area contributed by atoms with Crippen molar-refractivity contribution in [3.8, 4) is 11.5 Å². The summed E-state index contributed by atoms with van der Waals surface area (Å²) in [7, 11) is 3.23. The summed E-state index contributed by atoms with van der Waals surface area (Å²) in [5.41, 5.74) is 1.26. The van der Waals surface area contributed by atoms with Crippen molar-refractivity contribution in [1.29, 1.82) is 0 Å². The fraction of sp³-hybridized carbons (Fsp3) is 0.609. The zero-order valence-electron chi connectivity index (χ0n) is 16.7. The molecule has 4 saturated carbocycles. The van der Waals surface area contributed by atoms with Gasteiger partial charge in [0.15, 0.2) is 11.5 Å². The van der Waals surface area contributed by atoms with Gasteiger partial charge >= 0.3 is 0 Å². The first kappa shape index (κ1) is 18.4. The highest BCUT2D eigenvalue weighted by atomic mass is 16.5. The summed E-state index contributed by atoms with van der Waals surface area (Å²) in [6.45, 7) is 2.22. The second kappa shape index (κ2) is 7.21. The molecular formula is C23H31NO3. The maximum absolute atomic E-state index is 12.5. The van der Waals surface area contributed by atoms with E-state index in [9.17, 15) is 4.79 Å². The van der Waals surface area contributed by atoms with Crippen LogP contribution in [-0.2, 0) is 4.79 Å². The van der Waals surface area contributed by atoms with Gasteiger partial charge in [-0.25, -0.2) is 0 Å². The molecule has 4 heteroatoms. The lowest BCUT2D eigenvalue weighted by Gasteiger charge is -2.59. The molecule has 0 heterocycles. The van der Waals surface area contributed by atoms with E-state index in [4.69, 9.17) is 9.47 Å². The number of benzene rings is 1. The van der Waals surface area contributed by atoms with Gasteiger partial charge in [0.1, 0.15) is 0 Å². The molecule has 146 valence electrons. The first-order valence-electron chi connectivity index (χ1n) is 10.2. The smallest absolute Gasteiger partial charge is 0.244 e. The van der Waals surface area contributed by atoms with Crippen molar-refractivity contribution in [1.82, 2.24) is 5.32 Å². The van der Waals surface area contributed by atoms with Gasteiger partial charge in [-0.1, -0.05) is 6.07 Å². The topological polar surface area (TPSA) is 47.6 Å². The summed E-state index contributed by atoms with van der Waals surface area (Å²) in [4.78, 5) is 12.5. The lowest BCUT2D eigenvalue weighted by atomic mass is 9.48. The van der Waals surface area contributed by atoms with Gasteiger partial charge in [-0.2, -0.15) is 0 Å². The molecule has 1 aromatic rings. The largest absolute Gasteiger partial charge is 0.493 e. The number of ether oxygens (including phenoxy) is 2. The minimum Gasteiger partial charge on any atom is -0.493 e. The Morgan fingerprint density at radius 2 is 1.67 bits per heavy atom. The molecule has 1 unspecified atom stereocenters. The van der Waals surface area contributed by atoms with Crippen molar-refractivity contribution >= 4 is 12.0 Å². The van der Waals surface area contributed by atoms with Crippen molar-refractivity contribution in [2.24, 2.45) is 23.2 Å². The molecule has 0 saturated heterocycles. The standard InChI is InChI=1S/C23H31NO3/c1-15(23-12-17-8-18(13-23)10-19(9-17)14-23)24-22(25)7-5-16-4-6-20(26-2)21(11-16)27-3/h4-7,11,15,17-19H,8-10,12-14H2,1-3H3,(H,24,25)/b7-5+. The molecule has 0 aromatic heterocycles. The van der Waals surface area contributed by atoms with Crippen LogP contribution < -0.4 is 14.8 Å². The third-order valence-electron chi connectivity index (χ3n) is 7.20. The average Bonchev–Trinajstić information content (AvgIpc) is 2.65. The van der Waals surface area contributed by atoms with Gasteiger partial charge in [0.25, 0.3) is 0 Å². The highest BCUT2D eigenvalue weighted by Crippen LogP contribution is 2.61. The first-order valence-corrected chi connectivity index (χ1v) is 10.2. The zero-order chi connectivity index (χ0) is 19.0. The van der Waals surface area contributed by atoms with Gasteiger partial charge in [-0.15, -0.1) is 0 Å². The van der Waals surface area contributed by atoms with Gasteiger partial charge in [0, 0.05) is 12.1 Å². The number of carbonyl (C=O) groups is 1. The SMILES string of the molecule is COc1ccc(/C=C/C(=O)NC(C)C23CC4CC(CC(C4)C2)C3)cc1OC. The number of methoxy groups -OCH3 is 2. The van der Waals surface area contributed by atoms with Crippen molar-refractivity contribution in [3.05, 3.63) is 29.8 Å². The molecule has 4 aliphatic carbocycles. The Balaban J connectivity index is 1.40. The molecule has 1 atom stereocenters. The third kappa shape index (κ3) is 3.59. The Bertz CT molecular complexity index is 704. The van der Waals surface area contributed by atoms with Crippen LogP contribution in [-0.4, -0.2) is 26.2 Å². The predicted octanol–water partition coefficient (Wildman–Crippen LogP) is 4.44. The van der Waals surface area contributed by atoms with Gasteiger partial charge in [-0.05, 0) is 92.4 Å². The fourth-order valence-corrected chi connectivity index (χ4v) is 6.25. The number of carbonyl (C=O) groups excluding carboxylic acids is 1. The predicted molar refractivity (Wildman–Crippen MR) is 107 cm³/mol. The van der Waals surface area contributed by atoms with Gasteiger partial charge in [0.05, 0.1) is 14.2 Å². The van der Waals surface area contributed by atoms with Crippen molar-refractivity contribution in [2.45, 2.75) is 51.5 Å². The summed E-state index contributed by atoms with van der Waals surface area (Å²) < 4.78 is 10.6. The summed E-state index contributed by atoms with van der Waals surface area (Å²) in [5, 5.41) is 3.28. The van der Waals surface area contributed by atoms with Crippen LogP contribution >= 0.6 is 0 Å². The first-order chi connectivity index (χ1) is 13.0. The van der Waals surface area contributed by atoms with E-state index in [-0.39, 0.29) is 11.9 Å². The molecule has 1 aromatic carbocycles. The Labute approximate surface area is 162 Å². The fourth-order valence-electron chi connectivity index (χ4n) is 6.25. The van der Waals surface area contributed by atoms with Crippen LogP contribution in [0.2, 0.25) is 0 Å². The molecule has 0 aliphatic heterocycles. The van der Waals surface area contributed by atoms with E-state index in [0.29, 0.717) is 16.9 Å². The molecule has 0 radical (unpaired) electrons. The quantitative estimate of drug-likeness (QED) is 0.754. The highest BCUT2D eigenvalue weighted by Gasteiger charge is 2.53. The van der Waals surface area contributed by atoms with Crippen molar-refractivity contribution in [2.75, 3.05) is 14.2 Å². The number of nitrogens with one attached hydrogen (secondary N) is 1. The van der Waals surface area contributed by atoms with Crippen LogP contribution in [0.3, 0.4) is 0 Å². The van der Waals surface area contributed by atoms with Gasteiger partial charge < -0.3 is 14.8 Å². The minimum atomic E-state index is -0.00645. The van der Waals surface area contributed by atoms with Crippen LogP contribution in [0.1, 0.15) is 51.0 Å². The molecule has 4 bridgehead atoms. The van der Waals surface area contributed by atoms with Gasteiger partial charge in [0.2, 0.25) is 5.91 Å². The summed E-state index contributed by atoms with van der Waals surface area (Å²) >= 11 is 0. The minimum absolute atomic E-state index is 0.00645. The Kier molecular flexibility index (Phi) is 4.92.